The Morgan fingerprint density at radius 3 is 2.05 bits per heavy atom. The fraction of sp³-hybridized carbons (Fsp3) is 0.576. The first kappa shape index (κ1) is 34.6. The molecule has 2 rings (SSSR count). The molecule has 0 fully saturated rings. The average molecular weight is 583 g/mol. The Balaban J connectivity index is 2.57. The molecule has 0 saturated heterocycles. The Morgan fingerprint density at radius 2 is 1.55 bits per heavy atom. The van der Waals surface area contributed by atoms with Gasteiger partial charge in [0.1, 0.15) is 12.1 Å². The molecule has 3 amide bonds. The van der Waals surface area contributed by atoms with E-state index in [0.29, 0.717) is 5.57 Å². The molecule has 1 N–H and O–H groups in total. The van der Waals surface area contributed by atoms with Gasteiger partial charge in [0.05, 0.1) is 13.2 Å². The number of para-hydroxylation sites is 1. The molecule has 2 aromatic rings. The maximum absolute atomic E-state index is 14.3. The van der Waals surface area contributed by atoms with Crippen LogP contribution in [0, 0.1) is 11.3 Å². The number of rotatable bonds is 10. The van der Waals surface area contributed by atoms with Gasteiger partial charge in [-0.25, -0.2) is 4.79 Å². The number of aryl methyl sites for hydroxylation is 1. The molecule has 3 atom stereocenters. The van der Waals surface area contributed by atoms with Crippen LogP contribution in [0.15, 0.2) is 42.1 Å². The van der Waals surface area contributed by atoms with Crippen LogP contribution in [0.3, 0.4) is 0 Å². The molecular formula is C33H50N4O5. The normalized spacial score (nSPS) is 14.8. The van der Waals surface area contributed by atoms with Crippen molar-refractivity contribution in [2.45, 2.75) is 85.9 Å². The van der Waals surface area contributed by atoms with Gasteiger partial charge in [-0.1, -0.05) is 72.7 Å². The van der Waals surface area contributed by atoms with Crippen molar-refractivity contribution < 1.29 is 23.9 Å². The van der Waals surface area contributed by atoms with Crippen LogP contribution in [-0.4, -0.2) is 77.4 Å². The smallest absolute Gasteiger partial charge is 0.333 e. The molecule has 0 bridgehead atoms. The minimum Gasteiger partial charge on any atom is -0.466 e. The Kier molecular flexibility index (Phi) is 10.8. The maximum Gasteiger partial charge on any atom is 0.333 e. The molecule has 0 aliphatic carbocycles. The molecule has 0 aliphatic rings. The predicted molar refractivity (Wildman–Crippen MR) is 167 cm³/mol. The third-order valence-electron chi connectivity index (χ3n) is 8.21. The second kappa shape index (κ2) is 13.1. The maximum atomic E-state index is 14.3. The number of hydrogen-bond acceptors (Lipinski definition) is 5. The summed E-state index contributed by atoms with van der Waals surface area (Å²) in [4.78, 5) is 56.2. The fourth-order valence-corrected chi connectivity index (χ4v) is 5.63. The van der Waals surface area contributed by atoms with Crippen molar-refractivity contribution >= 4 is 34.6 Å². The van der Waals surface area contributed by atoms with Gasteiger partial charge < -0.3 is 24.4 Å². The van der Waals surface area contributed by atoms with E-state index in [1.807, 2.05) is 90.5 Å². The lowest BCUT2D eigenvalue weighted by atomic mass is 9.75. The number of hydrogen-bond donors (Lipinski definition) is 1. The highest BCUT2D eigenvalue weighted by Gasteiger charge is 2.45. The highest BCUT2D eigenvalue weighted by atomic mass is 16.5. The number of carbonyl (C=O) groups excluding carboxylic acids is 4. The summed E-state index contributed by atoms with van der Waals surface area (Å²) in [6.45, 7) is 16.6. The number of nitrogens with one attached hydrogen (secondary N) is 1. The summed E-state index contributed by atoms with van der Waals surface area (Å²) in [7, 11) is 6.57. The molecule has 232 valence electrons. The lowest BCUT2D eigenvalue weighted by molar-refractivity contribution is -0.144. The monoisotopic (exact) mass is 582 g/mol. The number of nitrogens with zero attached hydrogens (tertiary/aromatic N) is 3. The molecule has 1 heterocycles. The van der Waals surface area contributed by atoms with E-state index < -0.39 is 40.8 Å². The van der Waals surface area contributed by atoms with E-state index in [4.69, 9.17) is 4.74 Å². The molecule has 9 nitrogen and oxygen atoms in total. The molecule has 9 heteroatoms. The molecule has 1 aromatic heterocycles. The van der Waals surface area contributed by atoms with Gasteiger partial charge in [0.25, 0.3) is 0 Å². The van der Waals surface area contributed by atoms with Gasteiger partial charge in [0.15, 0.2) is 0 Å². The van der Waals surface area contributed by atoms with E-state index in [0.717, 1.165) is 16.5 Å². The Labute approximate surface area is 251 Å². The molecule has 0 saturated carbocycles. The number of ether oxygens (including phenoxy) is 1. The topological polar surface area (TPSA) is 101 Å². The number of methoxy groups -OCH3 is 1. The van der Waals surface area contributed by atoms with Gasteiger partial charge in [-0.05, 0) is 29.9 Å². The fourth-order valence-electron chi connectivity index (χ4n) is 5.63. The molecule has 1 aromatic carbocycles. The molecule has 0 spiro atoms. The van der Waals surface area contributed by atoms with Crippen LogP contribution in [0.1, 0.15) is 67.9 Å². The summed E-state index contributed by atoms with van der Waals surface area (Å²) in [6, 6.07) is 5.72. The molecule has 42 heavy (non-hydrogen) atoms. The number of carbonyl (C=O) groups is 4. The Hall–Kier alpha value is -3.62. The van der Waals surface area contributed by atoms with Gasteiger partial charge >= 0.3 is 5.97 Å². The van der Waals surface area contributed by atoms with Crippen molar-refractivity contribution in [3.8, 4) is 0 Å². The van der Waals surface area contributed by atoms with Crippen molar-refractivity contribution in [3.63, 3.8) is 0 Å². The van der Waals surface area contributed by atoms with Crippen LogP contribution in [0.4, 0.5) is 0 Å². The van der Waals surface area contributed by atoms with Crippen LogP contribution in [-0.2, 0) is 36.4 Å². The quantitative estimate of drug-likeness (QED) is 0.330. The third-order valence-corrected chi connectivity index (χ3v) is 8.21. The summed E-state index contributed by atoms with van der Waals surface area (Å²) in [5.41, 5.74) is 0.862. The molecular weight excluding hydrogens is 532 g/mol. The number of amides is 3. The van der Waals surface area contributed by atoms with Crippen LogP contribution >= 0.6 is 0 Å². The predicted octanol–water partition coefficient (Wildman–Crippen LogP) is 4.44. The second-order valence-corrected chi connectivity index (χ2v) is 13.3. The van der Waals surface area contributed by atoms with Crippen molar-refractivity contribution in [2.75, 3.05) is 21.2 Å². The van der Waals surface area contributed by atoms with Gasteiger partial charge in [0.2, 0.25) is 17.7 Å². The van der Waals surface area contributed by atoms with E-state index >= 15 is 0 Å². The standard InChI is InChI=1S/C33H50N4O5/c1-20(2)26(18-21(3)31(41)42-13)37(12)30(40)27(32(5,6)7)34-29(39)28(36(11)22(4)38)33(8,9)24-19-35(10)25-17-15-14-16-23(24)25/h14-20,26-28H,1-13H3,(H,34,39)/b21-18+/t26-,27-,28-/m1/s1. The van der Waals surface area contributed by atoms with Gasteiger partial charge in [0, 0.05) is 56.2 Å². The summed E-state index contributed by atoms with van der Waals surface area (Å²) in [6.07, 6.45) is 3.73. The SMILES string of the molecule is COC(=O)/C(C)=C/[C@H](C(C)C)N(C)C(=O)[C@@H](NC(=O)[C@@H](N(C)C(C)=O)C(C)(C)c1cn(C)c2ccccc12)C(C)(C)C. The lowest BCUT2D eigenvalue weighted by Crippen LogP contribution is -2.62. The first-order valence-corrected chi connectivity index (χ1v) is 14.4. The highest BCUT2D eigenvalue weighted by Crippen LogP contribution is 2.37. The largest absolute Gasteiger partial charge is 0.466 e. The second-order valence-electron chi connectivity index (χ2n) is 13.3. The first-order chi connectivity index (χ1) is 19.3. The van der Waals surface area contributed by atoms with Gasteiger partial charge in [-0.2, -0.15) is 0 Å². The van der Waals surface area contributed by atoms with E-state index in [9.17, 15) is 19.2 Å². The van der Waals surface area contributed by atoms with Crippen LogP contribution in [0.5, 0.6) is 0 Å². The summed E-state index contributed by atoms with van der Waals surface area (Å²) < 4.78 is 6.87. The Morgan fingerprint density at radius 1 is 0.976 bits per heavy atom. The minimum absolute atomic E-state index is 0.0169. The number of benzene rings is 1. The molecule has 0 unspecified atom stereocenters. The van der Waals surface area contributed by atoms with Crippen molar-refractivity contribution in [3.05, 3.63) is 47.7 Å². The van der Waals surface area contributed by atoms with Crippen LogP contribution < -0.4 is 5.32 Å². The number of fused-ring (bicyclic) bond motifs is 1. The van der Waals surface area contributed by atoms with Crippen molar-refractivity contribution in [1.29, 1.82) is 0 Å². The third kappa shape index (κ3) is 7.23. The summed E-state index contributed by atoms with van der Waals surface area (Å²) >= 11 is 0. The zero-order chi connectivity index (χ0) is 32.3. The number of aromatic nitrogens is 1. The van der Waals surface area contributed by atoms with E-state index in [-0.39, 0.29) is 17.7 Å². The van der Waals surface area contributed by atoms with E-state index in [2.05, 4.69) is 5.32 Å². The Bertz CT molecular complexity index is 1350. The lowest BCUT2D eigenvalue weighted by Gasteiger charge is -2.42. The summed E-state index contributed by atoms with van der Waals surface area (Å²) in [5, 5.41) is 4.04. The zero-order valence-electron chi connectivity index (χ0n) is 27.7. The molecule has 0 aliphatic heterocycles. The van der Waals surface area contributed by atoms with Crippen LogP contribution in [0.2, 0.25) is 0 Å². The van der Waals surface area contributed by atoms with E-state index in [1.54, 1.807) is 32.0 Å². The zero-order valence-corrected chi connectivity index (χ0v) is 27.7. The first-order valence-electron chi connectivity index (χ1n) is 14.4. The molecule has 0 radical (unpaired) electrons. The van der Waals surface area contributed by atoms with Crippen LogP contribution in [0.25, 0.3) is 10.9 Å². The van der Waals surface area contributed by atoms with Gasteiger partial charge in [-0.15, -0.1) is 0 Å². The van der Waals surface area contributed by atoms with Gasteiger partial charge in [-0.3, -0.25) is 14.4 Å². The average Bonchev–Trinajstić information content (AvgIpc) is 3.25. The van der Waals surface area contributed by atoms with Crippen molar-refractivity contribution in [2.24, 2.45) is 18.4 Å². The number of esters is 1. The van der Waals surface area contributed by atoms with E-state index in [1.165, 1.54) is 18.9 Å². The number of likely N-dealkylation sites (N-methyl/N-ethyl adjacent to an activating group) is 2. The minimum atomic E-state index is -0.911. The highest BCUT2D eigenvalue weighted by molar-refractivity contribution is 5.95. The van der Waals surface area contributed by atoms with Crippen molar-refractivity contribution in [1.82, 2.24) is 19.7 Å². The summed E-state index contributed by atoms with van der Waals surface area (Å²) in [5.74, 6) is -1.46.